The lowest BCUT2D eigenvalue weighted by Crippen LogP contribution is -2.34. The third-order valence-electron chi connectivity index (χ3n) is 4.61. The number of rotatable bonds is 7. The summed E-state index contributed by atoms with van der Waals surface area (Å²) in [6.07, 6.45) is -1.92. The Labute approximate surface area is 182 Å². The van der Waals surface area contributed by atoms with Crippen molar-refractivity contribution in [1.82, 2.24) is 15.0 Å². The van der Waals surface area contributed by atoms with Crippen molar-refractivity contribution in [3.63, 3.8) is 0 Å². The number of aliphatic carboxylic acids is 1. The number of hydrogen-bond donors (Lipinski definition) is 3. The van der Waals surface area contributed by atoms with Crippen LogP contribution < -0.4 is 10.6 Å². The highest BCUT2D eigenvalue weighted by Crippen LogP contribution is 2.29. The van der Waals surface area contributed by atoms with Crippen molar-refractivity contribution in [2.45, 2.75) is 33.0 Å². The summed E-state index contributed by atoms with van der Waals surface area (Å²) in [5.74, 6) is -0.824. The van der Waals surface area contributed by atoms with Gasteiger partial charge in [-0.2, -0.15) is 13.2 Å². The molecule has 168 valence electrons. The second-order valence-corrected chi connectivity index (χ2v) is 7.61. The van der Waals surface area contributed by atoms with Crippen molar-refractivity contribution in [3.05, 3.63) is 60.0 Å². The lowest BCUT2D eigenvalue weighted by atomic mass is 10.0. The van der Waals surface area contributed by atoms with Crippen molar-refractivity contribution >= 4 is 23.4 Å². The molecule has 0 radical (unpaired) electrons. The van der Waals surface area contributed by atoms with Crippen LogP contribution in [0.2, 0.25) is 0 Å². The molecule has 10 heteroatoms. The van der Waals surface area contributed by atoms with E-state index in [9.17, 15) is 23.1 Å². The molecule has 0 aliphatic heterocycles. The summed E-state index contributed by atoms with van der Waals surface area (Å²) < 4.78 is 38.7. The largest absolute Gasteiger partial charge is 0.480 e. The molecule has 1 atom stereocenters. The standard InChI is InChI=1S/C22H22F3N5O2/c1-12(2)19(20(31)32)30-18-5-4-14(11-27-18)15-8-13(3)9-16(10-15)28-21-26-7-6-17(29-21)22(23,24)25/h4-12,19H,1-3H3,(H,27,30)(H,31,32)(H,26,28,29)/t19-/m0/s1. The number of nitrogens with one attached hydrogen (secondary N) is 2. The van der Waals surface area contributed by atoms with E-state index in [4.69, 9.17) is 0 Å². The van der Waals surface area contributed by atoms with Crippen molar-refractivity contribution in [2.24, 2.45) is 5.92 Å². The number of anilines is 3. The third-order valence-corrected chi connectivity index (χ3v) is 4.61. The van der Waals surface area contributed by atoms with Crippen molar-refractivity contribution < 1.29 is 23.1 Å². The highest BCUT2D eigenvalue weighted by molar-refractivity contribution is 5.77. The van der Waals surface area contributed by atoms with Gasteiger partial charge < -0.3 is 15.7 Å². The third kappa shape index (κ3) is 5.71. The Morgan fingerprint density at radius 2 is 1.81 bits per heavy atom. The van der Waals surface area contributed by atoms with Gasteiger partial charge in [0.25, 0.3) is 0 Å². The molecule has 0 saturated heterocycles. The lowest BCUT2D eigenvalue weighted by Gasteiger charge is -2.18. The zero-order chi connectivity index (χ0) is 23.5. The summed E-state index contributed by atoms with van der Waals surface area (Å²) in [7, 11) is 0. The molecule has 0 fully saturated rings. The van der Waals surface area contributed by atoms with E-state index in [-0.39, 0.29) is 11.9 Å². The van der Waals surface area contributed by atoms with E-state index in [1.807, 2.05) is 13.0 Å². The van der Waals surface area contributed by atoms with E-state index in [2.05, 4.69) is 25.6 Å². The summed E-state index contributed by atoms with van der Waals surface area (Å²) in [5.41, 5.74) is 1.88. The highest BCUT2D eigenvalue weighted by atomic mass is 19.4. The maximum Gasteiger partial charge on any atom is 0.433 e. The van der Waals surface area contributed by atoms with E-state index >= 15 is 0 Å². The average Bonchev–Trinajstić information content (AvgIpc) is 2.71. The number of hydrogen-bond acceptors (Lipinski definition) is 6. The smallest absolute Gasteiger partial charge is 0.433 e. The molecule has 1 aromatic carbocycles. The molecule has 3 N–H and O–H groups in total. The molecule has 3 rings (SSSR count). The van der Waals surface area contributed by atoms with Crippen LogP contribution in [-0.4, -0.2) is 32.1 Å². The van der Waals surface area contributed by atoms with Crippen molar-refractivity contribution in [2.75, 3.05) is 10.6 Å². The zero-order valence-electron chi connectivity index (χ0n) is 17.6. The van der Waals surface area contributed by atoms with Gasteiger partial charge in [-0.3, -0.25) is 0 Å². The topological polar surface area (TPSA) is 100 Å². The Balaban J connectivity index is 1.82. The number of halogens is 3. The van der Waals surface area contributed by atoms with Gasteiger partial charge in [-0.15, -0.1) is 0 Å². The zero-order valence-corrected chi connectivity index (χ0v) is 17.6. The number of carboxylic acid groups (broad SMARTS) is 1. The van der Waals surface area contributed by atoms with E-state index < -0.39 is 23.9 Å². The van der Waals surface area contributed by atoms with Crippen LogP contribution in [0.1, 0.15) is 25.1 Å². The SMILES string of the molecule is Cc1cc(Nc2nccc(C(F)(F)F)n2)cc(-c2ccc(N[C@H](C(=O)O)C(C)C)nc2)c1. The van der Waals surface area contributed by atoms with E-state index in [1.165, 1.54) is 0 Å². The van der Waals surface area contributed by atoms with Gasteiger partial charge in [0, 0.05) is 23.6 Å². The minimum Gasteiger partial charge on any atom is -0.480 e. The van der Waals surface area contributed by atoms with Crippen LogP contribution in [0.5, 0.6) is 0 Å². The van der Waals surface area contributed by atoms with Gasteiger partial charge >= 0.3 is 12.1 Å². The molecule has 2 aromatic heterocycles. The van der Waals surface area contributed by atoms with E-state index in [0.29, 0.717) is 11.5 Å². The molecule has 32 heavy (non-hydrogen) atoms. The van der Waals surface area contributed by atoms with Gasteiger partial charge in [-0.05, 0) is 54.3 Å². The van der Waals surface area contributed by atoms with E-state index in [1.54, 1.807) is 44.3 Å². The summed E-state index contributed by atoms with van der Waals surface area (Å²) in [5, 5.41) is 15.0. The average molecular weight is 445 g/mol. The van der Waals surface area contributed by atoms with Gasteiger partial charge in [-0.25, -0.2) is 19.7 Å². The Bertz CT molecular complexity index is 1100. The molecule has 0 bridgehead atoms. The summed E-state index contributed by atoms with van der Waals surface area (Å²) in [6, 6.07) is 8.91. The fraction of sp³-hybridized carbons (Fsp3) is 0.273. The molecular weight excluding hydrogens is 423 g/mol. The van der Waals surface area contributed by atoms with Crippen molar-refractivity contribution in [3.8, 4) is 11.1 Å². The first-order chi connectivity index (χ1) is 15.0. The first-order valence-electron chi connectivity index (χ1n) is 9.77. The molecule has 0 saturated carbocycles. The predicted molar refractivity (Wildman–Crippen MR) is 115 cm³/mol. The molecule has 7 nitrogen and oxygen atoms in total. The molecule has 3 aromatic rings. The Kier molecular flexibility index (Phi) is 6.61. The minimum atomic E-state index is -4.56. The highest BCUT2D eigenvalue weighted by Gasteiger charge is 2.32. The van der Waals surface area contributed by atoms with Crippen LogP contribution in [0.25, 0.3) is 11.1 Å². The van der Waals surface area contributed by atoms with Crippen LogP contribution in [0.3, 0.4) is 0 Å². The molecule has 0 aliphatic carbocycles. The van der Waals surface area contributed by atoms with Crippen LogP contribution in [0, 0.1) is 12.8 Å². The normalized spacial score (nSPS) is 12.5. The second-order valence-electron chi connectivity index (χ2n) is 7.61. The Morgan fingerprint density at radius 3 is 2.41 bits per heavy atom. The number of benzene rings is 1. The first kappa shape index (κ1) is 23.0. The summed E-state index contributed by atoms with van der Waals surface area (Å²) in [4.78, 5) is 23.0. The maximum absolute atomic E-state index is 12.9. The van der Waals surface area contributed by atoms with Crippen molar-refractivity contribution in [1.29, 1.82) is 0 Å². The second kappa shape index (κ2) is 9.21. The number of aromatic nitrogens is 3. The summed E-state index contributed by atoms with van der Waals surface area (Å²) >= 11 is 0. The molecule has 0 amide bonds. The lowest BCUT2D eigenvalue weighted by molar-refractivity contribution is -0.141. The van der Waals surface area contributed by atoms with Crippen LogP contribution in [0.4, 0.5) is 30.6 Å². The van der Waals surface area contributed by atoms with Crippen LogP contribution in [0.15, 0.2) is 48.8 Å². The number of nitrogens with zero attached hydrogens (tertiary/aromatic N) is 3. The number of carbonyl (C=O) groups is 1. The fourth-order valence-electron chi connectivity index (χ4n) is 3.05. The monoisotopic (exact) mass is 445 g/mol. The van der Waals surface area contributed by atoms with Crippen LogP contribution in [-0.2, 0) is 11.0 Å². The molecule has 0 spiro atoms. The van der Waals surface area contributed by atoms with Gasteiger partial charge in [0.2, 0.25) is 5.95 Å². The van der Waals surface area contributed by atoms with Gasteiger partial charge in [-0.1, -0.05) is 19.9 Å². The minimum absolute atomic E-state index is 0.127. The number of alkyl halides is 3. The molecule has 0 unspecified atom stereocenters. The number of pyridine rings is 1. The number of carboxylic acids is 1. The van der Waals surface area contributed by atoms with Gasteiger partial charge in [0.1, 0.15) is 17.6 Å². The quantitative estimate of drug-likeness (QED) is 0.464. The van der Waals surface area contributed by atoms with Gasteiger partial charge in [0.15, 0.2) is 0 Å². The molecular formula is C22H22F3N5O2. The predicted octanol–water partition coefficient (Wildman–Crippen LogP) is 5.13. The first-order valence-corrected chi connectivity index (χ1v) is 9.77. The maximum atomic E-state index is 12.9. The Morgan fingerprint density at radius 1 is 1.06 bits per heavy atom. The van der Waals surface area contributed by atoms with Crippen LogP contribution >= 0.6 is 0 Å². The summed E-state index contributed by atoms with van der Waals surface area (Å²) in [6.45, 7) is 5.45. The van der Waals surface area contributed by atoms with Gasteiger partial charge in [0.05, 0.1) is 0 Å². The number of aryl methyl sites for hydroxylation is 1. The molecule has 0 aliphatic rings. The molecule has 2 heterocycles. The van der Waals surface area contributed by atoms with E-state index in [0.717, 1.165) is 29.0 Å². The Hall–Kier alpha value is -3.69. The fourth-order valence-corrected chi connectivity index (χ4v) is 3.05.